The topological polar surface area (TPSA) is 83.6 Å². The molecule has 0 radical (unpaired) electrons. The van der Waals surface area contributed by atoms with Gasteiger partial charge in [-0.3, -0.25) is 9.59 Å². The number of carboxylic acids is 1. The van der Waals surface area contributed by atoms with Crippen LogP contribution in [0, 0.1) is 0 Å². The minimum absolute atomic E-state index is 0.00686. The van der Waals surface area contributed by atoms with Gasteiger partial charge in [0.05, 0.1) is 5.54 Å². The second kappa shape index (κ2) is 6.89. The molecule has 19 heavy (non-hydrogen) atoms. The molecule has 0 aromatic heterocycles. The smallest absolute Gasteiger partial charge is 0.303 e. The lowest BCUT2D eigenvalue weighted by molar-refractivity contribution is -0.142. The van der Waals surface area contributed by atoms with Crippen molar-refractivity contribution in [3.63, 3.8) is 0 Å². The molecule has 5 heteroatoms. The van der Waals surface area contributed by atoms with E-state index in [2.05, 4.69) is 0 Å². The number of rotatable bonds is 6. The van der Waals surface area contributed by atoms with Gasteiger partial charge in [0.2, 0.25) is 5.91 Å². The zero-order valence-corrected chi connectivity index (χ0v) is 12.0. The molecular weight excluding hydrogens is 244 g/mol. The quantitative estimate of drug-likeness (QED) is 0.770. The molecule has 0 aromatic rings. The summed E-state index contributed by atoms with van der Waals surface area (Å²) in [7, 11) is 0. The summed E-state index contributed by atoms with van der Waals surface area (Å²) in [6.45, 7) is 4.37. The molecule has 0 aromatic carbocycles. The number of nitrogens with zero attached hydrogens (tertiary/aromatic N) is 1. The Bertz CT molecular complexity index is 323. The Morgan fingerprint density at radius 2 is 1.84 bits per heavy atom. The molecule has 0 spiro atoms. The maximum absolute atomic E-state index is 12.6. The van der Waals surface area contributed by atoms with Crippen molar-refractivity contribution in [2.45, 2.75) is 70.4 Å². The van der Waals surface area contributed by atoms with Gasteiger partial charge in [-0.05, 0) is 33.1 Å². The average Bonchev–Trinajstić information content (AvgIpc) is 2.34. The van der Waals surface area contributed by atoms with Crippen molar-refractivity contribution in [1.29, 1.82) is 0 Å². The SMILES string of the molecule is CC(C)N(CCCC(=O)O)C(=O)C1(N)CCCCC1. The maximum Gasteiger partial charge on any atom is 0.303 e. The first-order chi connectivity index (χ1) is 8.87. The Labute approximate surface area is 115 Å². The number of hydrogen-bond donors (Lipinski definition) is 2. The molecule has 0 atom stereocenters. The fourth-order valence-electron chi connectivity index (χ4n) is 2.68. The third-order valence-corrected chi connectivity index (χ3v) is 3.85. The molecule has 0 unspecified atom stereocenters. The summed E-state index contributed by atoms with van der Waals surface area (Å²) in [4.78, 5) is 24.9. The number of carbonyl (C=O) groups is 2. The summed E-state index contributed by atoms with van der Waals surface area (Å²) < 4.78 is 0. The lowest BCUT2D eigenvalue weighted by Crippen LogP contribution is -2.58. The minimum atomic E-state index is -0.823. The molecule has 0 bridgehead atoms. The molecule has 0 aliphatic heterocycles. The third-order valence-electron chi connectivity index (χ3n) is 3.85. The molecule has 1 saturated carbocycles. The fraction of sp³-hybridized carbons (Fsp3) is 0.857. The van der Waals surface area contributed by atoms with Crippen LogP contribution in [0.2, 0.25) is 0 Å². The van der Waals surface area contributed by atoms with Gasteiger partial charge in [-0.1, -0.05) is 19.3 Å². The largest absolute Gasteiger partial charge is 0.481 e. The average molecular weight is 270 g/mol. The van der Waals surface area contributed by atoms with Crippen molar-refractivity contribution < 1.29 is 14.7 Å². The molecule has 110 valence electrons. The van der Waals surface area contributed by atoms with Gasteiger partial charge in [0.15, 0.2) is 0 Å². The number of nitrogens with two attached hydrogens (primary N) is 1. The fourth-order valence-corrected chi connectivity index (χ4v) is 2.68. The van der Waals surface area contributed by atoms with Crippen LogP contribution in [0.4, 0.5) is 0 Å². The van der Waals surface area contributed by atoms with Crippen molar-refractivity contribution >= 4 is 11.9 Å². The van der Waals surface area contributed by atoms with E-state index in [1.165, 1.54) is 0 Å². The van der Waals surface area contributed by atoms with Crippen LogP contribution < -0.4 is 5.73 Å². The van der Waals surface area contributed by atoms with Gasteiger partial charge >= 0.3 is 5.97 Å². The highest BCUT2D eigenvalue weighted by Crippen LogP contribution is 2.28. The molecule has 5 nitrogen and oxygen atoms in total. The van der Waals surface area contributed by atoms with E-state index < -0.39 is 11.5 Å². The predicted octanol–water partition coefficient (Wildman–Crippen LogP) is 1.75. The van der Waals surface area contributed by atoms with E-state index >= 15 is 0 Å². The monoisotopic (exact) mass is 270 g/mol. The zero-order chi connectivity index (χ0) is 14.5. The van der Waals surface area contributed by atoms with Gasteiger partial charge in [0.25, 0.3) is 0 Å². The van der Waals surface area contributed by atoms with Crippen LogP contribution in [0.15, 0.2) is 0 Å². The number of carboxylic acid groups (broad SMARTS) is 1. The van der Waals surface area contributed by atoms with Crippen molar-refractivity contribution in [3.05, 3.63) is 0 Å². The van der Waals surface area contributed by atoms with Crippen LogP contribution in [0.1, 0.15) is 58.8 Å². The maximum atomic E-state index is 12.6. The molecule has 1 aliphatic rings. The van der Waals surface area contributed by atoms with Crippen molar-refractivity contribution in [1.82, 2.24) is 4.90 Å². The first-order valence-corrected chi connectivity index (χ1v) is 7.18. The number of carbonyl (C=O) groups excluding carboxylic acids is 1. The highest BCUT2D eigenvalue weighted by molar-refractivity contribution is 5.86. The van der Waals surface area contributed by atoms with Crippen LogP contribution in [-0.2, 0) is 9.59 Å². The molecule has 0 saturated heterocycles. The summed E-state index contributed by atoms with van der Waals surface area (Å²) in [5, 5.41) is 8.67. The van der Waals surface area contributed by atoms with Crippen LogP contribution in [0.5, 0.6) is 0 Å². The minimum Gasteiger partial charge on any atom is -0.481 e. The normalized spacial score (nSPS) is 18.3. The van der Waals surface area contributed by atoms with Crippen molar-refractivity contribution in [2.75, 3.05) is 6.54 Å². The summed E-state index contributed by atoms with van der Waals surface area (Å²) in [5.41, 5.74) is 5.53. The van der Waals surface area contributed by atoms with E-state index in [1.807, 2.05) is 13.8 Å². The van der Waals surface area contributed by atoms with E-state index in [-0.39, 0.29) is 18.4 Å². The van der Waals surface area contributed by atoms with Crippen LogP contribution in [-0.4, -0.2) is 40.0 Å². The number of amides is 1. The Balaban J connectivity index is 2.63. The van der Waals surface area contributed by atoms with E-state index in [0.29, 0.717) is 13.0 Å². The lowest BCUT2D eigenvalue weighted by atomic mass is 9.81. The summed E-state index contributed by atoms with van der Waals surface area (Å²) >= 11 is 0. The van der Waals surface area contributed by atoms with E-state index in [0.717, 1.165) is 32.1 Å². The summed E-state index contributed by atoms with van der Waals surface area (Å²) in [5.74, 6) is -0.830. The lowest BCUT2D eigenvalue weighted by Gasteiger charge is -2.38. The molecule has 3 N–H and O–H groups in total. The first kappa shape index (κ1) is 16.0. The highest BCUT2D eigenvalue weighted by Gasteiger charge is 2.38. The van der Waals surface area contributed by atoms with E-state index in [9.17, 15) is 9.59 Å². The Hall–Kier alpha value is -1.10. The zero-order valence-electron chi connectivity index (χ0n) is 12.0. The van der Waals surface area contributed by atoms with E-state index in [1.54, 1.807) is 4.90 Å². The van der Waals surface area contributed by atoms with Crippen LogP contribution in [0.3, 0.4) is 0 Å². The number of aliphatic carboxylic acids is 1. The molecular formula is C14H26N2O3. The number of hydrogen-bond acceptors (Lipinski definition) is 3. The molecule has 0 heterocycles. The van der Waals surface area contributed by atoms with Gasteiger partial charge in [0.1, 0.15) is 0 Å². The van der Waals surface area contributed by atoms with Gasteiger partial charge in [0, 0.05) is 19.0 Å². The summed E-state index contributed by atoms with van der Waals surface area (Å²) in [6, 6.07) is 0.0589. The molecule has 1 amide bonds. The Morgan fingerprint density at radius 1 is 1.26 bits per heavy atom. The van der Waals surface area contributed by atoms with Crippen LogP contribution >= 0.6 is 0 Å². The van der Waals surface area contributed by atoms with E-state index in [4.69, 9.17) is 10.8 Å². The van der Waals surface area contributed by atoms with Crippen LogP contribution in [0.25, 0.3) is 0 Å². The Kier molecular flexibility index (Phi) is 5.79. The second-order valence-electron chi connectivity index (χ2n) is 5.81. The molecule has 1 rings (SSSR count). The third kappa shape index (κ3) is 4.49. The van der Waals surface area contributed by atoms with Crippen molar-refractivity contribution in [3.8, 4) is 0 Å². The summed E-state index contributed by atoms with van der Waals surface area (Å²) in [6.07, 6.45) is 5.21. The first-order valence-electron chi connectivity index (χ1n) is 7.18. The predicted molar refractivity (Wildman–Crippen MR) is 73.7 cm³/mol. The molecule has 1 fully saturated rings. The highest BCUT2D eigenvalue weighted by atomic mass is 16.4. The van der Waals surface area contributed by atoms with Gasteiger partial charge in [-0.2, -0.15) is 0 Å². The molecule has 1 aliphatic carbocycles. The van der Waals surface area contributed by atoms with Gasteiger partial charge in [-0.25, -0.2) is 0 Å². The van der Waals surface area contributed by atoms with Gasteiger partial charge in [-0.15, -0.1) is 0 Å². The van der Waals surface area contributed by atoms with Crippen molar-refractivity contribution in [2.24, 2.45) is 5.73 Å². The standard InChI is InChI=1S/C14H26N2O3/c1-11(2)16(10-6-7-12(17)18)13(19)14(15)8-4-3-5-9-14/h11H,3-10,15H2,1-2H3,(H,17,18). The van der Waals surface area contributed by atoms with Gasteiger partial charge < -0.3 is 15.7 Å². The Morgan fingerprint density at radius 3 is 2.32 bits per heavy atom. The second-order valence-corrected chi connectivity index (χ2v) is 5.81.